The maximum atomic E-state index is 13.4. The summed E-state index contributed by atoms with van der Waals surface area (Å²) in [6, 6.07) is 9.74. The molecule has 12 nitrogen and oxygen atoms in total. The number of oxazole rings is 1. The number of fused-ring (bicyclic) bond motifs is 1. The predicted molar refractivity (Wildman–Crippen MR) is 169 cm³/mol. The summed E-state index contributed by atoms with van der Waals surface area (Å²) in [7, 11) is 0. The summed E-state index contributed by atoms with van der Waals surface area (Å²) in [6.07, 6.45) is 5.14. The SMILES string of the molecule is CCC(=O)N1CCN(c2cc(C(=O)NCC(O)[C@@H]3Cc4ccc(OCc5ocnc5C)cc4CN3)cc(NC3CCC3)n2)CC1. The van der Waals surface area contributed by atoms with Crippen molar-refractivity contribution in [2.45, 2.75) is 77.3 Å². The van der Waals surface area contributed by atoms with E-state index in [1.165, 1.54) is 12.8 Å². The second-order valence-electron chi connectivity index (χ2n) is 12.1. The zero-order chi connectivity index (χ0) is 31.3. The van der Waals surface area contributed by atoms with Crippen LogP contribution in [0.1, 0.15) is 65.5 Å². The van der Waals surface area contributed by atoms with Crippen LogP contribution < -0.4 is 25.6 Å². The lowest BCUT2D eigenvalue weighted by molar-refractivity contribution is -0.131. The van der Waals surface area contributed by atoms with Crippen molar-refractivity contribution < 1.29 is 23.8 Å². The largest absolute Gasteiger partial charge is 0.486 e. The van der Waals surface area contributed by atoms with E-state index in [1.807, 2.05) is 43.0 Å². The quantitative estimate of drug-likeness (QED) is 0.254. The van der Waals surface area contributed by atoms with Gasteiger partial charge in [0.25, 0.3) is 5.91 Å². The highest BCUT2D eigenvalue weighted by atomic mass is 16.5. The molecule has 1 unspecified atom stereocenters. The van der Waals surface area contributed by atoms with Crippen molar-refractivity contribution in [3.8, 4) is 5.75 Å². The van der Waals surface area contributed by atoms with Gasteiger partial charge in [-0.25, -0.2) is 9.97 Å². The van der Waals surface area contributed by atoms with Gasteiger partial charge in [-0.15, -0.1) is 0 Å². The number of pyridine rings is 1. The second-order valence-corrected chi connectivity index (χ2v) is 12.1. The van der Waals surface area contributed by atoms with Crippen molar-refractivity contribution in [3.63, 3.8) is 0 Å². The smallest absolute Gasteiger partial charge is 0.251 e. The molecule has 2 amide bonds. The van der Waals surface area contributed by atoms with Crippen LogP contribution >= 0.6 is 0 Å². The minimum Gasteiger partial charge on any atom is -0.486 e. The van der Waals surface area contributed by atoms with Gasteiger partial charge in [0.05, 0.1) is 11.8 Å². The molecule has 2 fully saturated rings. The lowest BCUT2D eigenvalue weighted by Gasteiger charge is -2.36. The number of benzene rings is 1. The van der Waals surface area contributed by atoms with E-state index in [9.17, 15) is 14.7 Å². The Morgan fingerprint density at radius 1 is 1.16 bits per heavy atom. The number of anilines is 2. The third kappa shape index (κ3) is 7.39. The van der Waals surface area contributed by atoms with Gasteiger partial charge >= 0.3 is 0 Å². The maximum Gasteiger partial charge on any atom is 0.251 e. The molecular formula is C33H43N7O5. The summed E-state index contributed by atoms with van der Waals surface area (Å²) in [4.78, 5) is 38.5. The van der Waals surface area contributed by atoms with Gasteiger partial charge in [0.2, 0.25) is 5.91 Å². The highest BCUT2D eigenvalue weighted by molar-refractivity contribution is 5.95. The van der Waals surface area contributed by atoms with Gasteiger partial charge in [0, 0.05) is 63.3 Å². The number of nitrogens with one attached hydrogen (secondary N) is 3. The van der Waals surface area contributed by atoms with Gasteiger partial charge in [-0.1, -0.05) is 13.0 Å². The molecule has 3 aliphatic rings. The molecule has 1 aliphatic carbocycles. The molecule has 1 aromatic carbocycles. The average molecular weight is 618 g/mol. The first-order chi connectivity index (χ1) is 21.9. The first-order valence-electron chi connectivity index (χ1n) is 16.0. The van der Waals surface area contributed by atoms with E-state index in [1.54, 1.807) is 6.07 Å². The number of ether oxygens (including phenoxy) is 1. The molecule has 240 valence electrons. The van der Waals surface area contributed by atoms with E-state index in [0.717, 1.165) is 41.2 Å². The highest BCUT2D eigenvalue weighted by Gasteiger charge is 2.27. The Hall–Kier alpha value is -4.16. The molecule has 45 heavy (non-hydrogen) atoms. The number of aromatic nitrogens is 2. The predicted octanol–water partition coefficient (Wildman–Crippen LogP) is 2.79. The van der Waals surface area contributed by atoms with E-state index in [0.29, 0.717) is 75.4 Å². The first kappa shape index (κ1) is 30.8. The van der Waals surface area contributed by atoms with Crippen molar-refractivity contribution in [3.05, 3.63) is 64.9 Å². The normalized spacial score (nSPS) is 19.0. The van der Waals surface area contributed by atoms with Gasteiger partial charge in [-0.2, -0.15) is 0 Å². The van der Waals surface area contributed by atoms with Gasteiger partial charge in [-0.3, -0.25) is 9.59 Å². The van der Waals surface area contributed by atoms with Gasteiger partial charge in [0.1, 0.15) is 24.0 Å². The van der Waals surface area contributed by atoms with E-state index < -0.39 is 6.10 Å². The third-order valence-corrected chi connectivity index (χ3v) is 9.11. The van der Waals surface area contributed by atoms with Crippen molar-refractivity contribution in [2.24, 2.45) is 0 Å². The monoisotopic (exact) mass is 617 g/mol. The maximum absolute atomic E-state index is 13.4. The van der Waals surface area contributed by atoms with Crippen LogP contribution in [0.3, 0.4) is 0 Å². The lowest BCUT2D eigenvalue weighted by Crippen LogP contribution is -2.49. The van der Waals surface area contributed by atoms with E-state index in [2.05, 4.69) is 25.8 Å². The molecule has 12 heteroatoms. The molecule has 2 aromatic heterocycles. The zero-order valence-corrected chi connectivity index (χ0v) is 26.1. The number of aliphatic hydroxyl groups is 1. The Morgan fingerprint density at radius 3 is 2.69 bits per heavy atom. The summed E-state index contributed by atoms with van der Waals surface area (Å²) in [5.74, 6) is 2.75. The summed E-state index contributed by atoms with van der Waals surface area (Å²) < 4.78 is 11.3. The fourth-order valence-electron chi connectivity index (χ4n) is 5.99. The molecule has 1 saturated heterocycles. The Labute approximate surface area is 263 Å². The molecule has 0 bridgehead atoms. The molecule has 2 atom stereocenters. The van der Waals surface area contributed by atoms with Crippen molar-refractivity contribution >= 4 is 23.5 Å². The molecule has 1 saturated carbocycles. The van der Waals surface area contributed by atoms with E-state index >= 15 is 0 Å². The molecule has 0 radical (unpaired) electrons. The Balaban J connectivity index is 1.05. The van der Waals surface area contributed by atoms with Crippen molar-refractivity contribution in [1.29, 1.82) is 0 Å². The van der Waals surface area contributed by atoms with Crippen LogP contribution in [0.2, 0.25) is 0 Å². The molecule has 6 rings (SSSR count). The molecule has 3 aromatic rings. The number of hydrogen-bond acceptors (Lipinski definition) is 10. The molecule has 0 spiro atoms. The number of hydrogen-bond donors (Lipinski definition) is 4. The number of aryl methyl sites for hydroxylation is 1. The fraction of sp³-hybridized carbons (Fsp3) is 0.515. The minimum atomic E-state index is -0.773. The summed E-state index contributed by atoms with van der Waals surface area (Å²) in [6.45, 7) is 7.37. The number of piperazine rings is 1. The number of amides is 2. The van der Waals surface area contributed by atoms with Gasteiger partial charge in [0.15, 0.2) is 12.2 Å². The van der Waals surface area contributed by atoms with Crippen LogP contribution in [0.5, 0.6) is 5.75 Å². The third-order valence-electron chi connectivity index (χ3n) is 9.11. The number of carbonyl (C=O) groups excluding carboxylic acids is 2. The van der Waals surface area contributed by atoms with Crippen LogP contribution in [0.15, 0.2) is 41.1 Å². The van der Waals surface area contributed by atoms with E-state index in [-0.39, 0.29) is 24.4 Å². The number of nitrogens with zero attached hydrogens (tertiary/aromatic N) is 4. The highest BCUT2D eigenvalue weighted by Crippen LogP contribution is 2.27. The number of aliphatic hydroxyl groups excluding tert-OH is 1. The molecule has 4 N–H and O–H groups in total. The standard InChI is InChI=1S/C33H43N7O5/c1-3-32(42)40-11-9-39(10-12-40)31-16-23(15-30(38-31)37-25-5-4-6-25)33(43)35-18-28(41)27-14-22-7-8-26(13-24(22)17-34-27)44-19-29-21(2)36-20-45-29/h7-8,13,15-16,20,25,27-28,34,41H,3-6,9-12,14,17-19H2,1-2H3,(H,35,43)(H,37,38)/t27-,28?/m0/s1. The molecule has 4 heterocycles. The summed E-state index contributed by atoms with van der Waals surface area (Å²) >= 11 is 0. The first-order valence-corrected chi connectivity index (χ1v) is 16.0. The fourth-order valence-corrected chi connectivity index (χ4v) is 5.99. The van der Waals surface area contributed by atoms with Crippen LogP contribution in [-0.4, -0.2) is 82.7 Å². The number of carbonyl (C=O) groups is 2. The Morgan fingerprint density at radius 2 is 1.98 bits per heavy atom. The van der Waals surface area contributed by atoms with Crippen LogP contribution in [0, 0.1) is 6.92 Å². The second kappa shape index (κ2) is 13.9. The van der Waals surface area contributed by atoms with Crippen LogP contribution in [0.25, 0.3) is 0 Å². The minimum absolute atomic E-state index is 0.115. The van der Waals surface area contributed by atoms with Crippen LogP contribution in [-0.2, 0) is 24.4 Å². The summed E-state index contributed by atoms with van der Waals surface area (Å²) in [5, 5.41) is 20.9. The summed E-state index contributed by atoms with van der Waals surface area (Å²) in [5.41, 5.74) is 3.56. The molecule has 2 aliphatic heterocycles. The van der Waals surface area contributed by atoms with Gasteiger partial charge < -0.3 is 40.0 Å². The van der Waals surface area contributed by atoms with Crippen molar-refractivity contribution in [2.75, 3.05) is 42.9 Å². The van der Waals surface area contributed by atoms with Crippen molar-refractivity contribution in [1.82, 2.24) is 25.5 Å². The Kier molecular flexibility index (Phi) is 9.50. The topological polar surface area (TPSA) is 145 Å². The zero-order valence-electron chi connectivity index (χ0n) is 26.1. The average Bonchev–Trinajstić information content (AvgIpc) is 3.47. The lowest BCUT2D eigenvalue weighted by atomic mass is 9.92. The molecular weight excluding hydrogens is 574 g/mol. The Bertz CT molecular complexity index is 1500. The van der Waals surface area contributed by atoms with E-state index in [4.69, 9.17) is 14.1 Å². The van der Waals surface area contributed by atoms with Gasteiger partial charge in [-0.05, 0) is 68.0 Å². The van der Waals surface area contributed by atoms with Crippen LogP contribution in [0.4, 0.5) is 11.6 Å². The number of rotatable bonds is 11.